The Morgan fingerprint density at radius 1 is 1.09 bits per heavy atom. The maximum Gasteiger partial charge on any atom is 0.251 e. The molecule has 0 bridgehead atoms. The number of carbonyl (C=O) groups is 1. The third-order valence-corrected chi connectivity index (χ3v) is 3.72. The molecule has 22 heavy (non-hydrogen) atoms. The van der Waals surface area contributed by atoms with Gasteiger partial charge in [0.1, 0.15) is 0 Å². The minimum atomic E-state index is -0.586. The molecule has 0 heterocycles. The van der Waals surface area contributed by atoms with Crippen molar-refractivity contribution in [3.8, 4) is 0 Å². The number of aliphatic hydroxyl groups is 1. The van der Waals surface area contributed by atoms with Gasteiger partial charge in [0.2, 0.25) is 0 Å². The van der Waals surface area contributed by atoms with Crippen LogP contribution in [-0.2, 0) is 6.42 Å². The Hall–Kier alpha value is -2.13. The first-order chi connectivity index (χ1) is 10.5. The molecule has 0 spiro atoms. The normalized spacial score (nSPS) is 12.0. The van der Waals surface area contributed by atoms with E-state index in [2.05, 4.69) is 5.32 Å². The highest BCUT2D eigenvalue weighted by Gasteiger charge is 2.14. The molecule has 0 fully saturated rings. The molecule has 2 N–H and O–H groups in total. The van der Waals surface area contributed by atoms with Gasteiger partial charge in [-0.25, -0.2) is 0 Å². The fraction of sp³-hybridized carbons (Fsp3) is 0.316. The Kier molecular flexibility index (Phi) is 5.34. The predicted octanol–water partition coefficient (Wildman–Crippen LogP) is 2.95. The van der Waals surface area contributed by atoms with E-state index in [1.807, 2.05) is 63.2 Å². The average molecular weight is 297 g/mol. The van der Waals surface area contributed by atoms with Gasteiger partial charge < -0.3 is 10.4 Å². The van der Waals surface area contributed by atoms with Crippen LogP contribution in [0.1, 0.15) is 32.6 Å². The van der Waals surface area contributed by atoms with E-state index in [4.69, 9.17) is 0 Å². The van der Waals surface area contributed by atoms with E-state index in [1.54, 1.807) is 0 Å². The molecule has 0 aliphatic heterocycles. The van der Waals surface area contributed by atoms with Crippen LogP contribution in [0.3, 0.4) is 0 Å². The lowest BCUT2D eigenvalue weighted by molar-refractivity contribution is 0.0914. The lowest BCUT2D eigenvalue weighted by atomic mass is 9.99. The summed E-state index contributed by atoms with van der Waals surface area (Å²) in [6, 6.07) is 13.8. The van der Waals surface area contributed by atoms with E-state index >= 15 is 0 Å². The summed E-state index contributed by atoms with van der Waals surface area (Å²) in [6.45, 7) is 6.15. The van der Waals surface area contributed by atoms with Crippen molar-refractivity contribution in [2.24, 2.45) is 0 Å². The molecule has 1 amide bonds. The standard InChI is InChI=1S/C19H23NO2/c1-13-9-14(2)18(15(3)10-13)19(22)20-12-17(21)11-16-7-5-4-6-8-16/h4-10,17,21H,11-12H2,1-3H3,(H,20,22)/t17-/m1/s1. The SMILES string of the molecule is Cc1cc(C)c(C(=O)NC[C@H](O)Cc2ccccc2)c(C)c1. The number of rotatable bonds is 5. The van der Waals surface area contributed by atoms with E-state index in [-0.39, 0.29) is 12.5 Å². The molecule has 0 saturated carbocycles. The molecule has 3 nitrogen and oxygen atoms in total. The highest BCUT2D eigenvalue weighted by Crippen LogP contribution is 2.16. The maximum atomic E-state index is 12.3. The van der Waals surface area contributed by atoms with Gasteiger partial charge in [0.15, 0.2) is 0 Å². The number of benzene rings is 2. The van der Waals surface area contributed by atoms with E-state index in [1.165, 1.54) is 0 Å². The summed E-state index contributed by atoms with van der Waals surface area (Å²) in [7, 11) is 0. The van der Waals surface area contributed by atoms with Crippen molar-refractivity contribution < 1.29 is 9.90 Å². The first-order valence-electron chi connectivity index (χ1n) is 7.55. The largest absolute Gasteiger partial charge is 0.391 e. The van der Waals surface area contributed by atoms with Crippen molar-refractivity contribution in [2.75, 3.05) is 6.54 Å². The van der Waals surface area contributed by atoms with Crippen molar-refractivity contribution in [1.82, 2.24) is 5.32 Å². The summed E-state index contributed by atoms with van der Waals surface area (Å²) >= 11 is 0. The topological polar surface area (TPSA) is 49.3 Å². The Bertz CT molecular complexity index is 627. The Labute approximate surface area is 132 Å². The lowest BCUT2D eigenvalue weighted by Crippen LogP contribution is -2.34. The number of aryl methyl sites for hydroxylation is 3. The molecule has 0 unspecified atom stereocenters. The van der Waals surface area contributed by atoms with Crippen LogP contribution in [0.25, 0.3) is 0 Å². The fourth-order valence-electron chi connectivity index (χ4n) is 2.80. The summed E-state index contributed by atoms with van der Waals surface area (Å²) in [4.78, 5) is 12.3. The molecule has 2 aromatic rings. The summed E-state index contributed by atoms with van der Waals surface area (Å²) < 4.78 is 0. The van der Waals surface area contributed by atoms with Crippen LogP contribution in [-0.4, -0.2) is 23.7 Å². The summed E-state index contributed by atoms with van der Waals surface area (Å²) in [6.07, 6.45) is -0.0510. The van der Waals surface area contributed by atoms with Gasteiger partial charge in [0, 0.05) is 18.5 Å². The highest BCUT2D eigenvalue weighted by atomic mass is 16.3. The monoisotopic (exact) mass is 297 g/mol. The molecule has 3 heteroatoms. The average Bonchev–Trinajstić information content (AvgIpc) is 2.45. The van der Waals surface area contributed by atoms with E-state index in [0.717, 1.165) is 22.3 Å². The van der Waals surface area contributed by atoms with Gasteiger partial charge >= 0.3 is 0 Å². The molecule has 116 valence electrons. The Morgan fingerprint density at radius 3 is 2.27 bits per heavy atom. The third-order valence-electron chi connectivity index (χ3n) is 3.72. The molecular formula is C19H23NO2. The summed E-state index contributed by atoms with van der Waals surface area (Å²) in [5.74, 6) is -0.123. The first kappa shape index (κ1) is 16.2. The van der Waals surface area contributed by atoms with E-state index < -0.39 is 6.10 Å². The number of aliphatic hydroxyl groups excluding tert-OH is 1. The maximum absolute atomic E-state index is 12.3. The van der Waals surface area contributed by atoms with Gasteiger partial charge in [0.05, 0.1) is 6.10 Å². The minimum Gasteiger partial charge on any atom is -0.391 e. The van der Waals surface area contributed by atoms with Crippen molar-refractivity contribution in [3.63, 3.8) is 0 Å². The molecule has 2 aromatic carbocycles. The van der Waals surface area contributed by atoms with Gasteiger partial charge in [-0.05, 0) is 37.5 Å². The number of nitrogens with one attached hydrogen (secondary N) is 1. The number of amides is 1. The predicted molar refractivity (Wildman–Crippen MR) is 89.1 cm³/mol. The molecule has 0 saturated heterocycles. The number of hydrogen-bond acceptors (Lipinski definition) is 2. The first-order valence-corrected chi connectivity index (χ1v) is 7.55. The summed E-state index contributed by atoms with van der Waals surface area (Å²) in [5, 5.41) is 12.9. The zero-order valence-corrected chi connectivity index (χ0v) is 13.4. The number of hydrogen-bond donors (Lipinski definition) is 2. The molecule has 2 rings (SSSR count). The molecule has 0 aliphatic carbocycles. The van der Waals surface area contributed by atoms with Crippen molar-refractivity contribution in [1.29, 1.82) is 0 Å². The lowest BCUT2D eigenvalue weighted by Gasteiger charge is -2.15. The van der Waals surface area contributed by atoms with Gasteiger partial charge in [-0.1, -0.05) is 48.0 Å². The highest BCUT2D eigenvalue weighted by molar-refractivity contribution is 5.97. The van der Waals surface area contributed by atoms with Crippen molar-refractivity contribution in [3.05, 3.63) is 70.3 Å². The van der Waals surface area contributed by atoms with Gasteiger partial charge in [-0.15, -0.1) is 0 Å². The Morgan fingerprint density at radius 2 is 1.68 bits per heavy atom. The molecule has 0 aromatic heterocycles. The molecule has 0 aliphatic rings. The zero-order chi connectivity index (χ0) is 16.1. The van der Waals surface area contributed by atoms with E-state index in [9.17, 15) is 9.90 Å². The second kappa shape index (κ2) is 7.23. The molecular weight excluding hydrogens is 274 g/mol. The van der Waals surface area contributed by atoms with Gasteiger partial charge in [-0.2, -0.15) is 0 Å². The van der Waals surface area contributed by atoms with Crippen LogP contribution in [0.2, 0.25) is 0 Å². The Balaban J connectivity index is 1.95. The summed E-state index contributed by atoms with van der Waals surface area (Å²) in [5.41, 5.74) is 4.85. The third kappa shape index (κ3) is 4.18. The van der Waals surface area contributed by atoms with Crippen LogP contribution in [0.4, 0.5) is 0 Å². The zero-order valence-electron chi connectivity index (χ0n) is 13.4. The van der Waals surface area contributed by atoms with Crippen molar-refractivity contribution in [2.45, 2.75) is 33.3 Å². The smallest absolute Gasteiger partial charge is 0.251 e. The number of carbonyl (C=O) groups excluding carboxylic acids is 1. The fourth-order valence-corrected chi connectivity index (χ4v) is 2.80. The van der Waals surface area contributed by atoms with E-state index in [0.29, 0.717) is 12.0 Å². The molecule has 0 radical (unpaired) electrons. The van der Waals surface area contributed by atoms with Crippen LogP contribution in [0.5, 0.6) is 0 Å². The van der Waals surface area contributed by atoms with Crippen LogP contribution in [0, 0.1) is 20.8 Å². The van der Waals surface area contributed by atoms with Gasteiger partial charge in [-0.3, -0.25) is 4.79 Å². The second-order valence-electron chi connectivity index (χ2n) is 5.83. The van der Waals surface area contributed by atoms with Crippen LogP contribution in [0.15, 0.2) is 42.5 Å². The molecule has 1 atom stereocenters. The van der Waals surface area contributed by atoms with Crippen molar-refractivity contribution >= 4 is 5.91 Å². The minimum absolute atomic E-state index is 0.123. The quantitative estimate of drug-likeness (QED) is 0.891. The van der Waals surface area contributed by atoms with Crippen LogP contribution >= 0.6 is 0 Å². The second-order valence-corrected chi connectivity index (χ2v) is 5.83. The van der Waals surface area contributed by atoms with Crippen LogP contribution < -0.4 is 5.32 Å². The van der Waals surface area contributed by atoms with Gasteiger partial charge in [0.25, 0.3) is 5.91 Å².